The van der Waals surface area contributed by atoms with Crippen LogP contribution in [0.25, 0.3) is 10.8 Å². The van der Waals surface area contributed by atoms with Crippen LogP contribution in [-0.4, -0.2) is 23.4 Å². The highest BCUT2D eigenvalue weighted by atomic mass is 16.3. The van der Waals surface area contributed by atoms with Crippen molar-refractivity contribution in [2.45, 2.75) is 26.8 Å². The molecule has 0 fully saturated rings. The van der Waals surface area contributed by atoms with E-state index in [4.69, 9.17) is 0 Å². The molecule has 1 unspecified atom stereocenters. The number of phenols is 1. The van der Waals surface area contributed by atoms with Crippen LogP contribution in [-0.2, 0) is 0 Å². The van der Waals surface area contributed by atoms with Gasteiger partial charge in [-0.2, -0.15) is 0 Å². The van der Waals surface area contributed by atoms with Gasteiger partial charge in [-0.05, 0) is 12.3 Å². The Morgan fingerprint density at radius 2 is 1.85 bits per heavy atom. The minimum Gasteiger partial charge on any atom is -0.507 e. The van der Waals surface area contributed by atoms with Gasteiger partial charge in [0.1, 0.15) is 5.75 Å². The molecule has 3 nitrogen and oxygen atoms in total. The fourth-order valence-electron chi connectivity index (χ4n) is 2.22. The lowest BCUT2D eigenvalue weighted by Crippen LogP contribution is -2.33. The van der Waals surface area contributed by atoms with Gasteiger partial charge in [0.05, 0.1) is 0 Å². The first kappa shape index (κ1) is 14.8. The molecule has 108 valence electrons. The van der Waals surface area contributed by atoms with Crippen LogP contribution in [0.1, 0.15) is 32.4 Å². The van der Waals surface area contributed by atoms with Gasteiger partial charge in [-0.1, -0.05) is 50.2 Å². The second kappa shape index (κ2) is 5.81. The summed E-state index contributed by atoms with van der Waals surface area (Å²) in [6.07, 6.45) is 0. The van der Waals surface area contributed by atoms with E-state index in [1.54, 1.807) is 0 Å². The molecule has 0 aromatic heterocycles. The molecule has 0 saturated heterocycles. The molecule has 0 aliphatic rings. The molecule has 2 aromatic rings. The molecule has 0 radical (unpaired) electrons. The number of phenolic OH excluding ortho intramolecular Hbond substituents is 1. The third-order valence-corrected chi connectivity index (χ3v) is 3.71. The van der Waals surface area contributed by atoms with Gasteiger partial charge in [-0.15, -0.1) is 0 Å². The first-order valence-corrected chi connectivity index (χ1v) is 6.99. The first-order valence-electron chi connectivity index (χ1n) is 6.99. The number of fused-ring (bicyclic) bond motifs is 1. The first-order chi connectivity index (χ1) is 9.44. The summed E-state index contributed by atoms with van der Waals surface area (Å²) in [6, 6.07) is 11.8. The summed E-state index contributed by atoms with van der Waals surface area (Å²) in [6.45, 7) is 6.87. The van der Waals surface area contributed by atoms with Crippen molar-refractivity contribution in [3.63, 3.8) is 0 Å². The number of aliphatic hydroxyl groups is 1. The maximum Gasteiger partial charge on any atom is 0.128 e. The van der Waals surface area contributed by atoms with Crippen molar-refractivity contribution in [1.29, 1.82) is 0 Å². The number of benzene rings is 2. The zero-order valence-electron chi connectivity index (χ0n) is 12.4. The van der Waals surface area contributed by atoms with Gasteiger partial charge in [0, 0.05) is 35.6 Å². The zero-order chi connectivity index (χ0) is 14.8. The number of nitrogens with one attached hydrogen (secondary N) is 1. The van der Waals surface area contributed by atoms with Crippen molar-refractivity contribution >= 4 is 10.8 Å². The van der Waals surface area contributed by atoms with Crippen molar-refractivity contribution in [2.24, 2.45) is 5.41 Å². The molecule has 1 atom stereocenters. The maximum absolute atomic E-state index is 10.4. The number of hydrogen-bond acceptors (Lipinski definition) is 3. The van der Waals surface area contributed by atoms with Crippen LogP contribution in [0, 0.1) is 5.41 Å². The number of rotatable bonds is 5. The van der Waals surface area contributed by atoms with E-state index in [0.717, 1.165) is 16.3 Å². The Balaban J connectivity index is 2.22. The fraction of sp³-hybridized carbons (Fsp3) is 0.412. The molecular weight excluding hydrogens is 250 g/mol. The van der Waals surface area contributed by atoms with Gasteiger partial charge < -0.3 is 15.5 Å². The SMILES string of the molecule is CC(NCC(C)(C)CO)c1ccc2ccccc2c1O. The average molecular weight is 273 g/mol. The molecule has 0 aliphatic heterocycles. The lowest BCUT2D eigenvalue weighted by atomic mass is 9.93. The quantitative estimate of drug-likeness (QED) is 0.784. The van der Waals surface area contributed by atoms with Crippen LogP contribution in [0.4, 0.5) is 0 Å². The summed E-state index contributed by atoms with van der Waals surface area (Å²) < 4.78 is 0. The topological polar surface area (TPSA) is 52.5 Å². The number of aliphatic hydroxyl groups excluding tert-OH is 1. The smallest absolute Gasteiger partial charge is 0.128 e. The molecule has 3 heteroatoms. The van der Waals surface area contributed by atoms with Crippen LogP contribution in [0.2, 0.25) is 0 Å². The van der Waals surface area contributed by atoms with Crippen LogP contribution >= 0.6 is 0 Å². The van der Waals surface area contributed by atoms with Gasteiger partial charge in [0.15, 0.2) is 0 Å². The van der Waals surface area contributed by atoms with Crippen molar-refractivity contribution < 1.29 is 10.2 Å². The van der Waals surface area contributed by atoms with E-state index in [1.165, 1.54) is 0 Å². The Labute approximate surface area is 120 Å². The highest BCUT2D eigenvalue weighted by molar-refractivity contribution is 5.89. The number of aromatic hydroxyl groups is 1. The predicted molar refractivity (Wildman–Crippen MR) is 82.9 cm³/mol. The third-order valence-electron chi connectivity index (χ3n) is 3.71. The molecule has 0 aliphatic carbocycles. The van der Waals surface area contributed by atoms with E-state index < -0.39 is 0 Å². The Kier molecular flexibility index (Phi) is 4.31. The molecule has 0 saturated carbocycles. The normalized spacial score (nSPS) is 13.6. The minimum absolute atomic E-state index is 0.0328. The van der Waals surface area contributed by atoms with Crippen molar-refractivity contribution in [1.82, 2.24) is 5.32 Å². The predicted octanol–water partition coefficient (Wildman–Crippen LogP) is 3.21. The minimum atomic E-state index is -0.166. The fourth-order valence-corrected chi connectivity index (χ4v) is 2.22. The van der Waals surface area contributed by atoms with E-state index in [0.29, 0.717) is 12.3 Å². The Hall–Kier alpha value is -1.58. The highest BCUT2D eigenvalue weighted by Gasteiger charge is 2.19. The molecular formula is C17H23NO2. The second-order valence-corrected chi connectivity index (χ2v) is 6.15. The molecule has 0 amide bonds. The van der Waals surface area contributed by atoms with E-state index in [9.17, 15) is 10.2 Å². The molecule has 3 N–H and O–H groups in total. The van der Waals surface area contributed by atoms with E-state index in [2.05, 4.69) is 5.32 Å². The second-order valence-electron chi connectivity index (χ2n) is 6.15. The van der Waals surface area contributed by atoms with Crippen LogP contribution in [0.15, 0.2) is 36.4 Å². The summed E-state index contributed by atoms with van der Waals surface area (Å²) in [5.74, 6) is 0.338. The van der Waals surface area contributed by atoms with Gasteiger partial charge >= 0.3 is 0 Å². The lowest BCUT2D eigenvalue weighted by Gasteiger charge is -2.25. The molecule has 0 heterocycles. The maximum atomic E-state index is 10.4. The largest absolute Gasteiger partial charge is 0.507 e. The van der Waals surface area contributed by atoms with Crippen LogP contribution in [0.3, 0.4) is 0 Å². The molecule has 2 rings (SSSR count). The third kappa shape index (κ3) is 3.11. The Morgan fingerprint density at radius 1 is 1.15 bits per heavy atom. The van der Waals surface area contributed by atoms with Crippen molar-refractivity contribution in [3.05, 3.63) is 42.0 Å². The molecule has 0 bridgehead atoms. The van der Waals surface area contributed by atoms with E-state index in [1.807, 2.05) is 57.2 Å². The van der Waals surface area contributed by atoms with Crippen molar-refractivity contribution in [2.75, 3.05) is 13.2 Å². The lowest BCUT2D eigenvalue weighted by molar-refractivity contribution is 0.154. The summed E-state index contributed by atoms with van der Waals surface area (Å²) in [4.78, 5) is 0. The van der Waals surface area contributed by atoms with Gasteiger partial charge in [-0.25, -0.2) is 0 Å². The van der Waals surface area contributed by atoms with E-state index >= 15 is 0 Å². The Morgan fingerprint density at radius 3 is 2.55 bits per heavy atom. The van der Waals surface area contributed by atoms with E-state index in [-0.39, 0.29) is 18.1 Å². The summed E-state index contributed by atoms with van der Waals surface area (Å²) in [5.41, 5.74) is 0.721. The van der Waals surface area contributed by atoms with Gasteiger partial charge in [0.2, 0.25) is 0 Å². The van der Waals surface area contributed by atoms with Gasteiger partial charge in [-0.3, -0.25) is 0 Å². The molecule has 20 heavy (non-hydrogen) atoms. The van der Waals surface area contributed by atoms with Crippen LogP contribution in [0.5, 0.6) is 5.75 Å². The summed E-state index contributed by atoms with van der Waals surface area (Å²) >= 11 is 0. The zero-order valence-corrected chi connectivity index (χ0v) is 12.4. The molecule has 2 aromatic carbocycles. The van der Waals surface area contributed by atoms with Crippen LogP contribution < -0.4 is 5.32 Å². The average Bonchev–Trinajstić information content (AvgIpc) is 2.45. The van der Waals surface area contributed by atoms with Crippen molar-refractivity contribution in [3.8, 4) is 5.75 Å². The summed E-state index contributed by atoms with van der Waals surface area (Å²) in [5, 5.41) is 25.0. The standard InChI is InChI=1S/C17H23NO2/c1-12(18-10-17(2,3)11-19)14-9-8-13-6-4-5-7-15(13)16(14)20/h4-9,12,18-20H,10-11H2,1-3H3. The Bertz CT molecular complexity index is 593. The monoisotopic (exact) mass is 273 g/mol. The molecule has 0 spiro atoms. The van der Waals surface area contributed by atoms with Gasteiger partial charge in [0.25, 0.3) is 0 Å². The number of hydrogen-bond donors (Lipinski definition) is 3. The summed E-state index contributed by atoms with van der Waals surface area (Å²) in [7, 11) is 0. The highest BCUT2D eigenvalue weighted by Crippen LogP contribution is 2.32.